The fourth-order valence-corrected chi connectivity index (χ4v) is 3.38. The van der Waals surface area contributed by atoms with Crippen molar-refractivity contribution in [3.8, 4) is 6.07 Å². The van der Waals surface area contributed by atoms with E-state index in [9.17, 15) is 10.4 Å². The normalized spacial score (nSPS) is 18.9. The van der Waals surface area contributed by atoms with Crippen LogP contribution in [0.5, 0.6) is 0 Å². The minimum Gasteiger partial charge on any atom is -0.396 e. The smallest absolute Gasteiger partial charge is 0.0769 e. The molecule has 1 aromatic carbocycles. The highest BCUT2D eigenvalue weighted by molar-refractivity contribution is 5.37. The molecule has 1 aliphatic rings. The third-order valence-corrected chi connectivity index (χ3v) is 5.37. The molecule has 0 unspecified atom stereocenters. The molecule has 0 radical (unpaired) electrons. The van der Waals surface area contributed by atoms with Gasteiger partial charge in [-0.2, -0.15) is 5.26 Å². The summed E-state index contributed by atoms with van der Waals surface area (Å²) < 4.78 is 0. The van der Waals surface area contributed by atoms with Crippen molar-refractivity contribution in [3.63, 3.8) is 0 Å². The molecule has 0 amide bonds. The van der Waals surface area contributed by atoms with Crippen LogP contribution in [-0.2, 0) is 12.0 Å². The van der Waals surface area contributed by atoms with Crippen molar-refractivity contribution in [1.29, 1.82) is 5.26 Å². The molecule has 1 N–H and O–H groups in total. The van der Waals surface area contributed by atoms with Gasteiger partial charge in [0.05, 0.1) is 11.5 Å². The quantitative estimate of drug-likeness (QED) is 0.905. The van der Waals surface area contributed by atoms with E-state index < -0.39 is 5.41 Å². The molecule has 120 valence electrons. The van der Waals surface area contributed by atoms with Crippen molar-refractivity contribution >= 4 is 0 Å². The van der Waals surface area contributed by atoms with Gasteiger partial charge < -0.3 is 5.11 Å². The van der Waals surface area contributed by atoms with Crippen LogP contribution in [0.4, 0.5) is 0 Å². The highest BCUT2D eigenvalue weighted by Crippen LogP contribution is 2.35. The molecule has 0 saturated carbocycles. The number of nitriles is 1. The van der Waals surface area contributed by atoms with Crippen LogP contribution >= 0.6 is 0 Å². The van der Waals surface area contributed by atoms with E-state index in [2.05, 4.69) is 36.1 Å². The van der Waals surface area contributed by atoms with Crippen molar-refractivity contribution in [1.82, 2.24) is 4.90 Å². The van der Waals surface area contributed by atoms with Gasteiger partial charge in [-0.1, -0.05) is 31.2 Å². The molecule has 0 bridgehead atoms. The second-order valence-electron chi connectivity index (χ2n) is 7.18. The highest BCUT2D eigenvalue weighted by atomic mass is 16.3. The van der Waals surface area contributed by atoms with Crippen LogP contribution in [0.2, 0.25) is 0 Å². The number of hydrogen-bond donors (Lipinski definition) is 1. The molecular weight excluding hydrogens is 272 g/mol. The number of piperidine rings is 1. The maximum absolute atomic E-state index is 9.65. The van der Waals surface area contributed by atoms with E-state index in [0.29, 0.717) is 6.61 Å². The summed E-state index contributed by atoms with van der Waals surface area (Å²) in [7, 11) is 0. The predicted octanol–water partition coefficient (Wildman–Crippen LogP) is 3.47. The minimum atomic E-state index is -0.454. The molecule has 1 aromatic rings. The third-order valence-electron chi connectivity index (χ3n) is 5.37. The van der Waals surface area contributed by atoms with Gasteiger partial charge in [0.1, 0.15) is 0 Å². The van der Waals surface area contributed by atoms with Crippen LogP contribution in [0.1, 0.15) is 51.2 Å². The Morgan fingerprint density at radius 1 is 1.27 bits per heavy atom. The molecule has 22 heavy (non-hydrogen) atoms. The molecule has 2 rings (SSSR count). The van der Waals surface area contributed by atoms with Gasteiger partial charge in [0.2, 0.25) is 0 Å². The minimum absolute atomic E-state index is 0.127. The third kappa shape index (κ3) is 3.51. The van der Waals surface area contributed by atoms with Crippen molar-refractivity contribution in [2.45, 2.75) is 52.0 Å². The van der Waals surface area contributed by atoms with Gasteiger partial charge in [-0.05, 0) is 62.7 Å². The zero-order valence-electron chi connectivity index (χ0n) is 14.1. The van der Waals surface area contributed by atoms with E-state index in [1.54, 1.807) is 0 Å². The van der Waals surface area contributed by atoms with Gasteiger partial charge in [0.15, 0.2) is 0 Å². The van der Waals surface area contributed by atoms with Gasteiger partial charge in [-0.3, -0.25) is 4.90 Å². The average Bonchev–Trinajstić information content (AvgIpc) is 2.56. The van der Waals surface area contributed by atoms with Crippen LogP contribution in [0, 0.1) is 16.7 Å². The summed E-state index contributed by atoms with van der Waals surface area (Å²) >= 11 is 0. The summed E-state index contributed by atoms with van der Waals surface area (Å²) in [6.07, 6.45) is 3.17. The lowest BCUT2D eigenvalue weighted by Crippen LogP contribution is -2.41. The lowest BCUT2D eigenvalue weighted by Gasteiger charge is -2.40. The van der Waals surface area contributed by atoms with Crippen LogP contribution in [0.3, 0.4) is 0 Å². The zero-order valence-corrected chi connectivity index (χ0v) is 14.1. The number of benzene rings is 1. The predicted molar refractivity (Wildman–Crippen MR) is 89.4 cm³/mol. The number of nitrogens with zero attached hydrogens (tertiary/aromatic N) is 2. The second-order valence-corrected chi connectivity index (χ2v) is 7.18. The van der Waals surface area contributed by atoms with E-state index in [-0.39, 0.29) is 5.41 Å². The molecule has 0 aliphatic carbocycles. The topological polar surface area (TPSA) is 47.3 Å². The van der Waals surface area contributed by atoms with Crippen molar-refractivity contribution < 1.29 is 5.11 Å². The molecule has 0 spiro atoms. The Balaban J connectivity index is 2.09. The highest BCUT2D eigenvalue weighted by Gasteiger charge is 2.32. The van der Waals surface area contributed by atoms with Gasteiger partial charge in [-0.15, -0.1) is 0 Å². The summed E-state index contributed by atoms with van der Waals surface area (Å²) in [5.74, 6) is 0. The van der Waals surface area contributed by atoms with E-state index in [4.69, 9.17) is 0 Å². The Kier molecular flexibility index (Phi) is 5.26. The lowest BCUT2D eigenvalue weighted by molar-refractivity contribution is 0.0381. The van der Waals surface area contributed by atoms with Crippen LogP contribution in [0.25, 0.3) is 0 Å². The number of likely N-dealkylation sites (tertiary alicyclic amines) is 1. The van der Waals surface area contributed by atoms with Gasteiger partial charge in [-0.25, -0.2) is 0 Å². The van der Waals surface area contributed by atoms with Crippen LogP contribution < -0.4 is 0 Å². The maximum atomic E-state index is 9.65. The molecule has 0 aromatic heterocycles. The Hall–Kier alpha value is -1.37. The molecular formula is C19H28N2O. The molecule has 3 nitrogen and oxygen atoms in total. The van der Waals surface area contributed by atoms with E-state index in [1.807, 2.05) is 19.9 Å². The van der Waals surface area contributed by atoms with E-state index in [0.717, 1.165) is 44.5 Å². The second kappa shape index (κ2) is 6.81. The number of hydrogen-bond acceptors (Lipinski definition) is 3. The Labute approximate surface area is 134 Å². The van der Waals surface area contributed by atoms with Gasteiger partial charge in [0, 0.05) is 13.2 Å². The number of aliphatic hydroxyl groups excluding tert-OH is 1. The summed E-state index contributed by atoms with van der Waals surface area (Å²) in [6, 6.07) is 10.7. The first kappa shape index (κ1) is 17.0. The number of aliphatic hydroxyl groups is 1. The fourth-order valence-electron chi connectivity index (χ4n) is 3.38. The molecule has 1 fully saturated rings. The summed E-state index contributed by atoms with van der Waals surface area (Å²) in [5.41, 5.74) is 2.06. The van der Waals surface area contributed by atoms with Crippen molar-refractivity contribution in [3.05, 3.63) is 35.4 Å². The summed E-state index contributed by atoms with van der Waals surface area (Å²) in [6.45, 7) is 9.38. The van der Waals surface area contributed by atoms with E-state index >= 15 is 0 Å². The zero-order chi connectivity index (χ0) is 16.2. The average molecular weight is 300 g/mol. The van der Waals surface area contributed by atoms with E-state index in [1.165, 1.54) is 5.56 Å². The largest absolute Gasteiger partial charge is 0.396 e. The van der Waals surface area contributed by atoms with Crippen molar-refractivity contribution in [2.75, 3.05) is 19.7 Å². The molecule has 0 atom stereocenters. The van der Waals surface area contributed by atoms with Crippen LogP contribution in [-0.4, -0.2) is 29.7 Å². The maximum Gasteiger partial charge on any atom is 0.0769 e. The number of rotatable bonds is 5. The fraction of sp³-hybridized carbons (Fsp3) is 0.632. The van der Waals surface area contributed by atoms with Gasteiger partial charge >= 0.3 is 0 Å². The lowest BCUT2D eigenvalue weighted by atomic mass is 9.76. The molecule has 1 heterocycles. The standard InChI is InChI=1S/C19H28N2O/c1-4-19(15-22)9-11-21(12-10-19)13-16-7-5-6-8-17(16)18(2,3)14-20/h5-8,22H,4,9-13,15H2,1-3H3. The van der Waals surface area contributed by atoms with Gasteiger partial charge in [0.25, 0.3) is 0 Å². The monoisotopic (exact) mass is 300 g/mol. The van der Waals surface area contributed by atoms with Crippen molar-refractivity contribution in [2.24, 2.45) is 5.41 Å². The van der Waals surface area contributed by atoms with Crippen LogP contribution in [0.15, 0.2) is 24.3 Å². The first-order chi connectivity index (χ1) is 10.5. The molecule has 1 aliphatic heterocycles. The molecule has 1 saturated heterocycles. The Morgan fingerprint density at radius 3 is 2.45 bits per heavy atom. The molecule has 3 heteroatoms. The first-order valence-corrected chi connectivity index (χ1v) is 8.29. The first-order valence-electron chi connectivity index (χ1n) is 8.29. The SMILES string of the molecule is CCC1(CO)CCN(Cc2ccccc2C(C)(C)C#N)CC1. The Morgan fingerprint density at radius 2 is 1.91 bits per heavy atom. The summed E-state index contributed by atoms with van der Waals surface area (Å²) in [4.78, 5) is 2.45. The summed E-state index contributed by atoms with van der Waals surface area (Å²) in [5, 5.41) is 19.1. The Bertz CT molecular complexity index is 531.